The molecule has 1 atom stereocenters. The summed E-state index contributed by atoms with van der Waals surface area (Å²) in [6.07, 6.45) is 0.656. The Labute approximate surface area is 133 Å². The zero-order valence-corrected chi connectivity index (χ0v) is 13.3. The Morgan fingerprint density at radius 1 is 1.30 bits per heavy atom. The van der Waals surface area contributed by atoms with Gasteiger partial charge in [0.1, 0.15) is 23.0 Å². The molecule has 0 aliphatic heterocycles. The number of hydrogen-bond donors (Lipinski definition) is 2. The van der Waals surface area contributed by atoms with E-state index in [2.05, 4.69) is 15.3 Å². The fraction of sp³-hybridized carbons (Fsp3) is 0.353. The van der Waals surface area contributed by atoms with E-state index < -0.39 is 12.0 Å². The number of rotatable bonds is 5. The molecule has 0 fully saturated rings. The van der Waals surface area contributed by atoms with Crippen molar-refractivity contribution >= 4 is 33.9 Å². The van der Waals surface area contributed by atoms with E-state index in [-0.39, 0.29) is 5.92 Å². The second kappa shape index (κ2) is 5.87. The highest BCUT2D eigenvalue weighted by Gasteiger charge is 2.24. The Balaban J connectivity index is 2.20. The molecule has 0 bridgehead atoms. The lowest BCUT2D eigenvalue weighted by molar-refractivity contribution is -0.138. The summed E-state index contributed by atoms with van der Waals surface area (Å²) in [5.74, 6) is 0.0801. The first-order valence-electron chi connectivity index (χ1n) is 7.68. The van der Waals surface area contributed by atoms with Gasteiger partial charge in [-0.25, -0.2) is 14.8 Å². The molecule has 2 heterocycles. The molecule has 2 N–H and O–H groups in total. The molecule has 6 nitrogen and oxygen atoms in total. The molecule has 0 radical (unpaired) electrons. The van der Waals surface area contributed by atoms with Gasteiger partial charge in [-0.15, -0.1) is 0 Å². The number of furan rings is 1. The Morgan fingerprint density at radius 3 is 2.70 bits per heavy atom. The number of benzene rings is 1. The third-order valence-corrected chi connectivity index (χ3v) is 3.81. The van der Waals surface area contributed by atoms with Crippen LogP contribution in [0.1, 0.15) is 26.6 Å². The molecular weight excluding hydrogens is 294 g/mol. The van der Waals surface area contributed by atoms with Crippen LogP contribution in [-0.2, 0) is 11.2 Å². The van der Waals surface area contributed by atoms with E-state index in [0.29, 0.717) is 34.7 Å². The smallest absolute Gasteiger partial charge is 0.326 e. The number of carbonyl (C=O) groups is 1. The van der Waals surface area contributed by atoms with Crippen LogP contribution in [0.5, 0.6) is 0 Å². The highest BCUT2D eigenvalue weighted by molar-refractivity contribution is 6.05. The Hall–Kier alpha value is -2.63. The molecule has 0 aliphatic rings. The largest absolute Gasteiger partial charge is 0.480 e. The van der Waals surface area contributed by atoms with Crippen LogP contribution in [-0.4, -0.2) is 27.1 Å². The summed E-state index contributed by atoms with van der Waals surface area (Å²) in [6.45, 7) is 5.66. The predicted molar refractivity (Wildman–Crippen MR) is 88.6 cm³/mol. The summed E-state index contributed by atoms with van der Waals surface area (Å²) in [5.41, 5.74) is 1.92. The summed E-state index contributed by atoms with van der Waals surface area (Å²) in [6, 6.07) is 6.87. The van der Waals surface area contributed by atoms with Crippen LogP contribution in [0.25, 0.3) is 22.1 Å². The second-order valence-electron chi connectivity index (χ2n) is 5.82. The average Bonchev–Trinajstić information content (AvgIpc) is 2.90. The summed E-state index contributed by atoms with van der Waals surface area (Å²) in [4.78, 5) is 20.5. The maximum absolute atomic E-state index is 11.5. The quantitative estimate of drug-likeness (QED) is 0.750. The van der Waals surface area contributed by atoms with Gasteiger partial charge in [0, 0.05) is 11.8 Å². The molecule has 0 spiro atoms. The molecule has 1 aromatic carbocycles. The summed E-state index contributed by atoms with van der Waals surface area (Å²) in [7, 11) is 0. The monoisotopic (exact) mass is 313 g/mol. The highest BCUT2D eigenvalue weighted by atomic mass is 16.4. The number of hydrogen-bond acceptors (Lipinski definition) is 5. The van der Waals surface area contributed by atoms with Gasteiger partial charge in [0.25, 0.3) is 0 Å². The standard InChI is InChI=1S/C17H19N3O3/c1-4-12-18-14-10-7-5-6-8-11(10)23-15(14)16(19-12)20-13(9(2)3)17(21)22/h5-9,13H,4H2,1-3H3,(H,21,22)(H,18,19,20)/t13-/m0/s1. The zero-order chi connectivity index (χ0) is 16.6. The second-order valence-corrected chi connectivity index (χ2v) is 5.82. The number of para-hydroxylation sites is 1. The van der Waals surface area contributed by atoms with E-state index >= 15 is 0 Å². The first kappa shape index (κ1) is 15.3. The number of fused-ring (bicyclic) bond motifs is 3. The van der Waals surface area contributed by atoms with E-state index in [1.165, 1.54) is 0 Å². The molecule has 3 aromatic rings. The molecule has 3 rings (SSSR count). The van der Waals surface area contributed by atoms with Crippen LogP contribution in [0.4, 0.5) is 5.82 Å². The minimum Gasteiger partial charge on any atom is -0.480 e. The number of anilines is 1. The minimum atomic E-state index is -0.916. The summed E-state index contributed by atoms with van der Waals surface area (Å²) < 4.78 is 5.86. The van der Waals surface area contributed by atoms with Crippen molar-refractivity contribution in [2.24, 2.45) is 5.92 Å². The van der Waals surface area contributed by atoms with Gasteiger partial charge in [-0.3, -0.25) is 0 Å². The molecule has 0 unspecified atom stereocenters. The van der Waals surface area contributed by atoms with Crippen LogP contribution in [0.15, 0.2) is 28.7 Å². The Kier molecular flexibility index (Phi) is 3.90. The van der Waals surface area contributed by atoms with Crippen molar-refractivity contribution in [2.45, 2.75) is 33.2 Å². The topological polar surface area (TPSA) is 88.2 Å². The van der Waals surface area contributed by atoms with Gasteiger partial charge in [0.05, 0.1) is 0 Å². The van der Waals surface area contributed by atoms with Crippen LogP contribution >= 0.6 is 0 Å². The molecular formula is C17H19N3O3. The average molecular weight is 313 g/mol. The highest BCUT2D eigenvalue weighted by Crippen LogP contribution is 2.31. The van der Waals surface area contributed by atoms with E-state index in [1.54, 1.807) is 0 Å². The van der Waals surface area contributed by atoms with Crippen molar-refractivity contribution in [1.82, 2.24) is 9.97 Å². The van der Waals surface area contributed by atoms with Crippen LogP contribution in [0, 0.1) is 5.92 Å². The Bertz CT molecular complexity index is 870. The van der Waals surface area contributed by atoms with E-state index in [4.69, 9.17) is 4.42 Å². The van der Waals surface area contributed by atoms with Gasteiger partial charge in [-0.2, -0.15) is 0 Å². The van der Waals surface area contributed by atoms with Crippen molar-refractivity contribution in [3.8, 4) is 0 Å². The van der Waals surface area contributed by atoms with Gasteiger partial charge in [-0.1, -0.05) is 32.9 Å². The van der Waals surface area contributed by atoms with Crippen molar-refractivity contribution < 1.29 is 14.3 Å². The lowest BCUT2D eigenvalue weighted by Gasteiger charge is -2.18. The molecule has 23 heavy (non-hydrogen) atoms. The van der Waals surface area contributed by atoms with Crippen LogP contribution in [0.3, 0.4) is 0 Å². The van der Waals surface area contributed by atoms with Gasteiger partial charge in [0.15, 0.2) is 11.4 Å². The number of carboxylic acid groups (broad SMARTS) is 1. The lowest BCUT2D eigenvalue weighted by atomic mass is 10.0. The molecule has 0 saturated carbocycles. The SMILES string of the molecule is CCc1nc(N[C@H](C(=O)O)C(C)C)c2oc3ccccc3c2n1. The summed E-state index contributed by atoms with van der Waals surface area (Å²) in [5, 5.41) is 13.3. The van der Waals surface area contributed by atoms with Gasteiger partial charge in [0.2, 0.25) is 0 Å². The van der Waals surface area contributed by atoms with Gasteiger partial charge < -0.3 is 14.8 Å². The maximum Gasteiger partial charge on any atom is 0.326 e. The molecule has 6 heteroatoms. The molecule has 2 aromatic heterocycles. The number of nitrogens with one attached hydrogen (secondary N) is 1. The minimum absolute atomic E-state index is 0.0908. The number of nitrogens with zero attached hydrogens (tertiary/aromatic N) is 2. The van der Waals surface area contributed by atoms with Crippen molar-refractivity contribution in [2.75, 3.05) is 5.32 Å². The van der Waals surface area contributed by atoms with E-state index in [0.717, 1.165) is 5.39 Å². The van der Waals surface area contributed by atoms with Crippen molar-refractivity contribution in [3.63, 3.8) is 0 Å². The van der Waals surface area contributed by atoms with Crippen LogP contribution in [0.2, 0.25) is 0 Å². The number of carboxylic acids is 1. The van der Waals surface area contributed by atoms with Gasteiger partial charge in [-0.05, 0) is 18.1 Å². The zero-order valence-electron chi connectivity index (χ0n) is 13.3. The normalized spacial score (nSPS) is 12.9. The third-order valence-electron chi connectivity index (χ3n) is 3.81. The van der Waals surface area contributed by atoms with Crippen molar-refractivity contribution in [3.05, 3.63) is 30.1 Å². The lowest BCUT2D eigenvalue weighted by Crippen LogP contribution is -2.34. The first-order valence-corrected chi connectivity index (χ1v) is 7.68. The van der Waals surface area contributed by atoms with E-state index in [9.17, 15) is 9.90 Å². The third kappa shape index (κ3) is 2.72. The van der Waals surface area contributed by atoms with Crippen molar-refractivity contribution in [1.29, 1.82) is 0 Å². The summed E-state index contributed by atoms with van der Waals surface area (Å²) >= 11 is 0. The van der Waals surface area contributed by atoms with E-state index in [1.807, 2.05) is 45.0 Å². The number of aromatic nitrogens is 2. The number of aryl methyl sites for hydroxylation is 1. The molecule has 120 valence electrons. The Morgan fingerprint density at radius 2 is 2.04 bits per heavy atom. The first-order chi connectivity index (χ1) is 11.0. The van der Waals surface area contributed by atoms with Crippen LogP contribution < -0.4 is 5.32 Å². The molecule has 0 amide bonds. The predicted octanol–water partition coefficient (Wildman–Crippen LogP) is 3.46. The van der Waals surface area contributed by atoms with Gasteiger partial charge >= 0.3 is 5.97 Å². The fourth-order valence-corrected chi connectivity index (χ4v) is 2.55. The molecule has 0 aliphatic carbocycles. The number of aliphatic carboxylic acids is 1. The fourth-order valence-electron chi connectivity index (χ4n) is 2.55. The maximum atomic E-state index is 11.5. The molecule has 0 saturated heterocycles.